The molecule has 3 aromatic carbocycles. The molecule has 0 atom stereocenters. The van der Waals surface area contributed by atoms with Crippen molar-refractivity contribution in [1.82, 2.24) is 5.32 Å². The minimum absolute atomic E-state index is 0.135. The molecule has 6 nitrogen and oxygen atoms in total. The molecule has 0 saturated carbocycles. The number of carbonyl (C=O) groups is 2. The summed E-state index contributed by atoms with van der Waals surface area (Å²) < 4.78 is 5.63. The summed E-state index contributed by atoms with van der Waals surface area (Å²) in [4.78, 5) is 24.9. The van der Waals surface area contributed by atoms with E-state index in [4.69, 9.17) is 17.0 Å². The number of hydrogen-bond acceptors (Lipinski definition) is 4. The number of amides is 2. The Balaban J connectivity index is 1.56. The lowest BCUT2D eigenvalue weighted by atomic mass is 10.2. The summed E-state index contributed by atoms with van der Waals surface area (Å²) in [5, 5.41) is 8.55. The average molecular weight is 448 g/mol. The monoisotopic (exact) mass is 447 g/mol. The van der Waals surface area contributed by atoms with Crippen molar-refractivity contribution in [2.45, 2.75) is 13.8 Å². The first-order chi connectivity index (χ1) is 15.4. The van der Waals surface area contributed by atoms with Gasteiger partial charge in [-0.3, -0.25) is 14.9 Å². The van der Waals surface area contributed by atoms with E-state index in [9.17, 15) is 9.59 Å². The number of thiocarbonyl (C=S) groups is 1. The lowest BCUT2D eigenvalue weighted by Gasteiger charge is -2.12. The van der Waals surface area contributed by atoms with Gasteiger partial charge in [-0.2, -0.15) is 0 Å². The van der Waals surface area contributed by atoms with Crippen molar-refractivity contribution in [3.8, 4) is 5.75 Å². The second-order valence-corrected chi connectivity index (χ2v) is 7.95. The summed E-state index contributed by atoms with van der Waals surface area (Å²) in [7, 11) is 0. The highest BCUT2D eigenvalue weighted by Gasteiger charge is 2.10. The van der Waals surface area contributed by atoms with Gasteiger partial charge in [0.2, 0.25) is 0 Å². The van der Waals surface area contributed by atoms with E-state index in [1.54, 1.807) is 48.5 Å². The van der Waals surface area contributed by atoms with Crippen LogP contribution in [-0.4, -0.2) is 23.5 Å². The zero-order valence-corrected chi connectivity index (χ0v) is 18.7. The number of nitrogens with one attached hydrogen (secondary N) is 3. The summed E-state index contributed by atoms with van der Waals surface area (Å²) in [6.45, 7) is 4.75. The van der Waals surface area contributed by atoms with E-state index in [2.05, 4.69) is 29.8 Å². The molecule has 0 spiro atoms. The van der Waals surface area contributed by atoms with Crippen molar-refractivity contribution in [1.29, 1.82) is 0 Å². The highest BCUT2D eigenvalue weighted by atomic mass is 32.1. The van der Waals surface area contributed by atoms with Crippen molar-refractivity contribution >= 4 is 40.5 Å². The molecule has 0 fully saturated rings. The molecule has 0 aliphatic rings. The van der Waals surface area contributed by atoms with Gasteiger partial charge in [-0.15, -0.1) is 0 Å². The van der Waals surface area contributed by atoms with Crippen LogP contribution >= 0.6 is 12.2 Å². The molecule has 3 rings (SSSR count). The van der Waals surface area contributed by atoms with Crippen molar-refractivity contribution in [2.24, 2.45) is 5.92 Å². The van der Waals surface area contributed by atoms with Crippen molar-refractivity contribution in [3.05, 3.63) is 90.0 Å². The molecule has 0 saturated heterocycles. The third-order valence-corrected chi connectivity index (χ3v) is 4.55. The van der Waals surface area contributed by atoms with Gasteiger partial charge in [0.25, 0.3) is 11.8 Å². The van der Waals surface area contributed by atoms with E-state index in [1.807, 2.05) is 30.3 Å². The molecule has 0 heterocycles. The second kappa shape index (κ2) is 11.1. The Morgan fingerprint density at radius 1 is 0.812 bits per heavy atom. The minimum atomic E-state index is -0.337. The Labute approximate surface area is 193 Å². The zero-order chi connectivity index (χ0) is 22.9. The normalized spacial score (nSPS) is 10.3. The third kappa shape index (κ3) is 6.92. The molecule has 0 aliphatic carbocycles. The molecule has 0 aromatic heterocycles. The molecule has 0 aliphatic heterocycles. The zero-order valence-electron chi connectivity index (χ0n) is 17.9. The van der Waals surface area contributed by atoms with Crippen molar-refractivity contribution in [3.63, 3.8) is 0 Å². The van der Waals surface area contributed by atoms with E-state index >= 15 is 0 Å². The molecular formula is C25H25N3O3S. The fourth-order valence-corrected chi connectivity index (χ4v) is 2.98. The molecule has 0 unspecified atom stereocenters. The lowest BCUT2D eigenvalue weighted by molar-refractivity contribution is 0.0976. The Bertz CT molecular complexity index is 1080. The van der Waals surface area contributed by atoms with Gasteiger partial charge in [-0.25, -0.2) is 0 Å². The van der Waals surface area contributed by atoms with E-state index < -0.39 is 0 Å². The van der Waals surface area contributed by atoms with Gasteiger partial charge in [0.15, 0.2) is 5.11 Å². The third-order valence-electron chi connectivity index (χ3n) is 4.34. The number of ether oxygens (including phenoxy) is 1. The SMILES string of the molecule is CC(C)COc1ccc(C(=O)NC(=S)Nc2cccc(C(=O)Nc3ccccc3)c2)cc1. The van der Waals surface area contributed by atoms with Crippen molar-refractivity contribution < 1.29 is 14.3 Å². The number of rotatable bonds is 7. The van der Waals surface area contributed by atoms with Crippen LogP contribution in [0.25, 0.3) is 0 Å². The van der Waals surface area contributed by atoms with Crippen LogP contribution in [0.1, 0.15) is 34.6 Å². The van der Waals surface area contributed by atoms with Crippen LogP contribution in [0.4, 0.5) is 11.4 Å². The maximum Gasteiger partial charge on any atom is 0.257 e. The van der Waals surface area contributed by atoms with Crippen LogP contribution in [0.5, 0.6) is 5.75 Å². The van der Waals surface area contributed by atoms with Gasteiger partial charge >= 0.3 is 0 Å². The quantitative estimate of drug-likeness (QED) is 0.439. The summed E-state index contributed by atoms with van der Waals surface area (Å²) >= 11 is 5.25. The highest BCUT2D eigenvalue weighted by Crippen LogP contribution is 2.15. The van der Waals surface area contributed by atoms with Crippen LogP contribution < -0.4 is 20.7 Å². The van der Waals surface area contributed by atoms with Gasteiger partial charge in [0.05, 0.1) is 6.61 Å². The highest BCUT2D eigenvalue weighted by molar-refractivity contribution is 7.80. The van der Waals surface area contributed by atoms with Gasteiger partial charge in [-0.05, 0) is 72.7 Å². The van der Waals surface area contributed by atoms with E-state index in [0.717, 1.165) is 0 Å². The lowest BCUT2D eigenvalue weighted by Crippen LogP contribution is -2.34. The summed E-state index contributed by atoms with van der Waals surface area (Å²) in [6.07, 6.45) is 0. The maximum atomic E-state index is 12.5. The molecule has 7 heteroatoms. The summed E-state index contributed by atoms with van der Waals surface area (Å²) in [6, 6.07) is 22.9. The first-order valence-corrected chi connectivity index (χ1v) is 10.6. The molecule has 164 valence electrons. The summed E-state index contributed by atoms with van der Waals surface area (Å²) in [5.74, 6) is 0.552. The molecule has 3 N–H and O–H groups in total. The van der Waals surface area contributed by atoms with Gasteiger partial charge in [0.1, 0.15) is 5.75 Å². The molecule has 3 aromatic rings. The van der Waals surface area contributed by atoms with Crippen LogP contribution in [-0.2, 0) is 0 Å². The fourth-order valence-electron chi connectivity index (χ4n) is 2.77. The first kappa shape index (κ1) is 23.0. The molecule has 0 bridgehead atoms. The smallest absolute Gasteiger partial charge is 0.257 e. The van der Waals surface area contributed by atoms with Crippen molar-refractivity contribution in [2.75, 3.05) is 17.2 Å². The first-order valence-electron chi connectivity index (χ1n) is 10.2. The van der Waals surface area contributed by atoms with E-state index in [0.29, 0.717) is 40.8 Å². The second-order valence-electron chi connectivity index (χ2n) is 7.54. The number of carbonyl (C=O) groups excluding carboxylic acids is 2. The predicted molar refractivity (Wildman–Crippen MR) is 131 cm³/mol. The predicted octanol–water partition coefficient (Wildman–Crippen LogP) is 5.10. The fraction of sp³-hybridized carbons (Fsp3) is 0.160. The molecule has 2 amide bonds. The Hall–Kier alpha value is -3.71. The van der Waals surface area contributed by atoms with Gasteiger partial charge in [0, 0.05) is 22.5 Å². The van der Waals surface area contributed by atoms with Gasteiger partial charge in [-0.1, -0.05) is 38.1 Å². The van der Waals surface area contributed by atoms with Crippen LogP contribution in [0.3, 0.4) is 0 Å². The van der Waals surface area contributed by atoms with Crippen LogP contribution in [0.2, 0.25) is 0 Å². The number of benzene rings is 3. The Morgan fingerprint density at radius 3 is 2.19 bits per heavy atom. The topological polar surface area (TPSA) is 79.5 Å². The molecular weight excluding hydrogens is 422 g/mol. The molecule has 32 heavy (non-hydrogen) atoms. The van der Waals surface area contributed by atoms with Gasteiger partial charge < -0.3 is 15.4 Å². The Morgan fingerprint density at radius 2 is 1.50 bits per heavy atom. The average Bonchev–Trinajstić information content (AvgIpc) is 2.78. The summed E-state index contributed by atoms with van der Waals surface area (Å²) in [5.41, 5.74) is 2.22. The van der Waals surface area contributed by atoms with Crippen LogP contribution in [0.15, 0.2) is 78.9 Å². The standard InChI is InChI=1S/C25H25N3O3S/c1-17(2)16-31-22-13-11-18(12-14-22)23(29)28-25(32)27-21-10-6-7-19(15-21)24(30)26-20-8-4-3-5-9-20/h3-15,17H,16H2,1-2H3,(H,26,30)(H2,27,28,29,32). The number of hydrogen-bond donors (Lipinski definition) is 3. The molecule has 0 radical (unpaired) electrons. The largest absolute Gasteiger partial charge is 0.493 e. The minimum Gasteiger partial charge on any atom is -0.493 e. The van der Waals surface area contributed by atoms with Crippen LogP contribution in [0, 0.1) is 5.92 Å². The maximum absolute atomic E-state index is 12.5. The number of para-hydroxylation sites is 1. The number of anilines is 2. The Kier molecular flexibility index (Phi) is 7.94. The van der Waals surface area contributed by atoms with E-state index in [1.165, 1.54) is 0 Å². The van der Waals surface area contributed by atoms with E-state index in [-0.39, 0.29) is 16.9 Å².